The first-order valence-electron chi connectivity index (χ1n) is 9.69. The summed E-state index contributed by atoms with van der Waals surface area (Å²) in [5, 5.41) is 2.12. The van der Waals surface area contributed by atoms with Crippen molar-refractivity contribution in [2.24, 2.45) is 4.99 Å². The van der Waals surface area contributed by atoms with Gasteiger partial charge < -0.3 is 14.0 Å². The Bertz CT molecular complexity index is 1170. The molecule has 2 aromatic heterocycles. The van der Waals surface area contributed by atoms with Crippen molar-refractivity contribution in [1.82, 2.24) is 9.55 Å². The summed E-state index contributed by atoms with van der Waals surface area (Å²) in [5.74, 6) is 1.58. The molecule has 0 unspecified atom stereocenters. The second-order valence-electron chi connectivity index (χ2n) is 6.64. The first-order valence-corrected chi connectivity index (χ1v) is 10.6. The fourth-order valence-corrected chi connectivity index (χ4v) is 4.20. The molecule has 0 saturated heterocycles. The van der Waals surface area contributed by atoms with Crippen molar-refractivity contribution in [3.05, 3.63) is 88.8 Å². The van der Waals surface area contributed by atoms with E-state index in [1.54, 1.807) is 25.6 Å². The molecule has 0 amide bonds. The zero-order valence-corrected chi connectivity index (χ0v) is 17.8. The van der Waals surface area contributed by atoms with Gasteiger partial charge in [0.05, 0.1) is 25.6 Å². The summed E-state index contributed by atoms with van der Waals surface area (Å²) in [7, 11) is 3.36. The van der Waals surface area contributed by atoms with Crippen molar-refractivity contribution in [2.45, 2.75) is 13.0 Å². The summed E-state index contributed by atoms with van der Waals surface area (Å²) >= 11 is 1.61. The van der Waals surface area contributed by atoms with Crippen molar-refractivity contribution in [2.75, 3.05) is 14.2 Å². The number of para-hydroxylation sites is 1. The van der Waals surface area contributed by atoms with Gasteiger partial charge in [0.15, 0.2) is 4.80 Å². The number of nitrogens with zero attached hydrogens (tertiary/aromatic N) is 3. The Morgan fingerprint density at radius 1 is 0.967 bits per heavy atom. The second kappa shape index (κ2) is 9.41. The molecule has 2 heterocycles. The van der Waals surface area contributed by atoms with Gasteiger partial charge in [0.2, 0.25) is 0 Å². The summed E-state index contributed by atoms with van der Waals surface area (Å²) in [4.78, 5) is 10.3. The van der Waals surface area contributed by atoms with Gasteiger partial charge in [-0.2, -0.15) is 0 Å². The van der Waals surface area contributed by atoms with Crippen LogP contribution in [-0.4, -0.2) is 23.8 Å². The maximum Gasteiger partial charge on any atom is 0.190 e. The van der Waals surface area contributed by atoms with Gasteiger partial charge in [-0.3, -0.25) is 4.98 Å². The van der Waals surface area contributed by atoms with E-state index in [2.05, 4.69) is 14.9 Å². The summed E-state index contributed by atoms with van der Waals surface area (Å²) in [6.07, 6.45) is 2.63. The van der Waals surface area contributed by atoms with E-state index in [1.165, 1.54) is 0 Å². The Morgan fingerprint density at radius 3 is 2.53 bits per heavy atom. The SMILES string of the molecule is COc1ccc(OC)c(-c2csc(=Nc3ccccc3)n2CCc2ccccn2)c1. The number of ether oxygens (including phenoxy) is 2. The topological polar surface area (TPSA) is 48.6 Å². The quantitative estimate of drug-likeness (QED) is 0.420. The van der Waals surface area contributed by atoms with Gasteiger partial charge in [-0.1, -0.05) is 24.3 Å². The third kappa shape index (κ3) is 4.44. The maximum absolute atomic E-state index is 5.64. The van der Waals surface area contributed by atoms with E-state index in [0.717, 1.165) is 51.9 Å². The Labute approximate surface area is 179 Å². The smallest absolute Gasteiger partial charge is 0.190 e. The Balaban J connectivity index is 1.82. The van der Waals surface area contributed by atoms with Crippen LogP contribution in [0, 0.1) is 0 Å². The molecule has 6 heteroatoms. The minimum absolute atomic E-state index is 0.752. The van der Waals surface area contributed by atoms with Crippen LogP contribution in [0.4, 0.5) is 5.69 Å². The largest absolute Gasteiger partial charge is 0.497 e. The third-order valence-corrected chi connectivity index (χ3v) is 5.64. The molecule has 0 fully saturated rings. The van der Waals surface area contributed by atoms with Gasteiger partial charge in [0.25, 0.3) is 0 Å². The number of aromatic nitrogens is 2. The molecule has 0 N–H and O–H groups in total. The number of hydrogen-bond acceptors (Lipinski definition) is 5. The average molecular weight is 418 g/mol. The molecule has 0 bridgehead atoms. The molecule has 152 valence electrons. The van der Waals surface area contributed by atoms with E-state index >= 15 is 0 Å². The molecule has 4 rings (SSSR count). The molecule has 0 atom stereocenters. The Hall–Kier alpha value is -3.38. The van der Waals surface area contributed by atoms with Crippen LogP contribution in [-0.2, 0) is 13.0 Å². The number of methoxy groups -OCH3 is 2. The van der Waals surface area contributed by atoms with Crippen molar-refractivity contribution in [1.29, 1.82) is 0 Å². The lowest BCUT2D eigenvalue weighted by molar-refractivity contribution is 0.404. The van der Waals surface area contributed by atoms with Gasteiger partial charge in [-0.05, 0) is 42.5 Å². The third-order valence-electron chi connectivity index (χ3n) is 4.78. The second-order valence-corrected chi connectivity index (χ2v) is 7.48. The zero-order chi connectivity index (χ0) is 20.8. The molecule has 4 aromatic rings. The summed E-state index contributed by atoms with van der Waals surface area (Å²) in [6.45, 7) is 0.752. The van der Waals surface area contributed by atoms with Crippen LogP contribution in [0.3, 0.4) is 0 Å². The van der Waals surface area contributed by atoms with Crippen LogP contribution in [0.15, 0.2) is 83.3 Å². The molecule has 5 nitrogen and oxygen atoms in total. The van der Waals surface area contributed by atoms with Crippen molar-refractivity contribution >= 4 is 17.0 Å². The van der Waals surface area contributed by atoms with Crippen molar-refractivity contribution < 1.29 is 9.47 Å². The van der Waals surface area contributed by atoms with E-state index < -0.39 is 0 Å². The van der Waals surface area contributed by atoms with Crippen LogP contribution in [0.2, 0.25) is 0 Å². The van der Waals surface area contributed by atoms with Crippen LogP contribution in [0.5, 0.6) is 11.5 Å². The average Bonchev–Trinajstić information content (AvgIpc) is 3.20. The van der Waals surface area contributed by atoms with Crippen molar-refractivity contribution in [3.63, 3.8) is 0 Å². The highest BCUT2D eigenvalue weighted by Crippen LogP contribution is 2.34. The fourth-order valence-electron chi connectivity index (χ4n) is 3.25. The van der Waals surface area contributed by atoms with E-state index in [1.807, 2.05) is 72.9 Å². The molecule has 0 spiro atoms. The molecular weight excluding hydrogens is 394 g/mol. The van der Waals surface area contributed by atoms with E-state index in [-0.39, 0.29) is 0 Å². The van der Waals surface area contributed by atoms with Gasteiger partial charge in [0.1, 0.15) is 11.5 Å². The van der Waals surface area contributed by atoms with Gasteiger partial charge in [-0.15, -0.1) is 11.3 Å². The highest BCUT2D eigenvalue weighted by molar-refractivity contribution is 7.07. The van der Waals surface area contributed by atoms with E-state index in [9.17, 15) is 0 Å². The predicted octanol–water partition coefficient (Wildman–Crippen LogP) is 5.10. The zero-order valence-electron chi connectivity index (χ0n) is 17.0. The predicted molar refractivity (Wildman–Crippen MR) is 120 cm³/mol. The summed E-state index contributed by atoms with van der Waals surface area (Å²) in [6, 6.07) is 21.8. The Morgan fingerprint density at radius 2 is 1.80 bits per heavy atom. The fraction of sp³-hybridized carbons (Fsp3) is 0.167. The lowest BCUT2D eigenvalue weighted by Crippen LogP contribution is -2.17. The first kappa shape index (κ1) is 19.9. The molecule has 30 heavy (non-hydrogen) atoms. The first-order chi connectivity index (χ1) is 14.8. The number of benzene rings is 2. The number of pyridine rings is 1. The molecule has 0 saturated carbocycles. The monoisotopic (exact) mass is 417 g/mol. The molecule has 0 aliphatic heterocycles. The molecule has 0 radical (unpaired) electrons. The minimum Gasteiger partial charge on any atom is -0.497 e. The highest BCUT2D eigenvalue weighted by atomic mass is 32.1. The van der Waals surface area contributed by atoms with Crippen LogP contribution in [0.1, 0.15) is 5.69 Å². The normalized spacial score (nSPS) is 11.5. The lowest BCUT2D eigenvalue weighted by atomic mass is 10.1. The van der Waals surface area contributed by atoms with Gasteiger partial charge in [-0.25, -0.2) is 4.99 Å². The number of aryl methyl sites for hydroxylation is 1. The number of hydrogen-bond donors (Lipinski definition) is 0. The van der Waals surface area contributed by atoms with Crippen LogP contribution in [0.25, 0.3) is 11.3 Å². The minimum atomic E-state index is 0.752. The molecule has 0 aliphatic rings. The lowest BCUT2D eigenvalue weighted by Gasteiger charge is -2.13. The number of thiazole rings is 1. The van der Waals surface area contributed by atoms with E-state index in [4.69, 9.17) is 14.5 Å². The Kier molecular flexibility index (Phi) is 6.25. The standard InChI is InChI=1S/C24H23N3O2S/c1-28-20-11-12-23(29-2)21(16-20)22-17-30-24(26-19-9-4-3-5-10-19)27(22)15-13-18-8-6-7-14-25-18/h3-12,14,16-17H,13,15H2,1-2H3. The van der Waals surface area contributed by atoms with Crippen molar-refractivity contribution in [3.8, 4) is 22.8 Å². The molecule has 2 aromatic carbocycles. The molecule has 0 aliphatic carbocycles. The van der Waals surface area contributed by atoms with E-state index in [0.29, 0.717) is 0 Å². The molecular formula is C24H23N3O2S. The van der Waals surface area contributed by atoms with Gasteiger partial charge in [0, 0.05) is 35.8 Å². The summed E-state index contributed by atoms with van der Waals surface area (Å²) < 4.78 is 13.3. The maximum atomic E-state index is 5.64. The van der Waals surface area contributed by atoms with Crippen LogP contribution >= 0.6 is 11.3 Å². The summed E-state index contributed by atoms with van der Waals surface area (Å²) in [5.41, 5.74) is 3.99. The number of rotatable bonds is 7. The van der Waals surface area contributed by atoms with Gasteiger partial charge >= 0.3 is 0 Å². The highest BCUT2D eigenvalue weighted by Gasteiger charge is 2.14. The van der Waals surface area contributed by atoms with Crippen LogP contribution < -0.4 is 14.3 Å².